The van der Waals surface area contributed by atoms with Crippen molar-refractivity contribution in [1.29, 1.82) is 0 Å². The number of nitrogens with zero attached hydrogens (tertiary/aromatic N) is 1. The Labute approximate surface area is 63.7 Å². The van der Waals surface area contributed by atoms with Crippen molar-refractivity contribution in [3.8, 4) is 0 Å². The van der Waals surface area contributed by atoms with E-state index in [4.69, 9.17) is 10.0 Å². The Balaban J connectivity index is 3.21. The maximum Gasteiger partial charge on any atom is 0.493 e. The first kappa shape index (κ1) is 8.16. The molecule has 0 radical (unpaired) electrons. The van der Waals surface area contributed by atoms with Gasteiger partial charge in [-0.25, -0.2) is 4.39 Å². The van der Waals surface area contributed by atoms with Crippen molar-refractivity contribution >= 4 is 12.6 Å². The largest absolute Gasteiger partial charge is 0.493 e. The van der Waals surface area contributed by atoms with Gasteiger partial charge in [-0.15, -0.1) is 0 Å². The Bertz CT molecular complexity index is 247. The maximum absolute atomic E-state index is 12.7. The Morgan fingerprint density at radius 1 is 1.55 bits per heavy atom. The Morgan fingerprint density at radius 3 is 2.55 bits per heavy atom. The van der Waals surface area contributed by atoms with Crippen molar-refractivity contribution in [2.24, 2.45) is 0 Å². The molecule has 0 unspecified atom stereocenters. The number of hydrogen-bond donors (Lipinski definition) is 2. The standard InChI is InChI=1S/C6H7BFNO2/c1-4-6(7(10)11)5(8)2-3-9-4/h2-3,10-11H,1H3. The van der Waals surface area contributed by atoms with Gasteiger partial charge in [-0.1, -0.05) is 0 Å². The van der Waals surface area contributed by atoms with Crippen LogP contribution >= 0.6 is 0 Å². The van der Waals surface area contributed by atoms with Crippen LogP contribution < -0.4 is 5.46 Å². The van der Waals surface area contributed by atoms with E-state index in [2.05, 4.69) is 4.98 Å². The minimum Gasteiger partial charge on any atom is -0.423 e. The third-order valence-corrected chi connectivity index (χ3v) is 1.39. The number of hydrogen-bond acceptors (Lipinski definition) is 3. The van der Waals surface area contributed by atoms with E-state index in [9.17, 15) is 4.39 Å². The third-order valence-electron chi connectivity index (χ3n) is 1.39. The van der Waals surface area contributed by atoms with Crippen molar-refractivity contribution in [2.75, 3.05) is 0 Å². The van der Waals surface area contributed by atoms with Crippen LogP contribution in [0.25, 0.3) is 0 Å². The van der Waals surface area contributed by atoms with Gasteiger partial charge in [0.25, 0.3) is 0 Å². The molecule has 0 bridgehead atoms. The fraction of sp³-hybridized carbons (Fsp3) is 0.167. The second-order valence-corrected chi connectivity index (χ2v) is 2.17. The molecule has 0 amide bonds. The first-order valence-corrected chi connectivity index (χ1v) is 3.10. The van der Waals surface area contributed by atoms with Crippen LogP contribution in [0.15, 0.2) is 12.3 Å². The van der Waals surface area contributed by atoms with Crippen molar-refractivity contribution in [1.82, 2.24) is 4.98 Å². The second-order valence-electron chi connectivity index (χ2n) is 2.17. The van der Waals surface area contributed by atoms with E-state index in [1.165, 1.54) is 13.1 Å². The summed E-state index contributed by atoms with van der Waals surface area (Å²) in [7, 11) is -1.79. The first-order valence-electron chi connectivity index (χ1n) is 3.10. The molecule has 58 valence electrons. The molecular weight excluding hydrogens is 148 g/mol. The molecule has 0 atom stereocenters. The highest BCUT2D eigenvalue weighted by atomic mass is 19.1. The van der Waals surface area contributed by atoms with Crippen molar-refractivity contribution < 1.29 is 14.4 Å². The molecule has 1 aromatic rings. The third kappa shape index (κ3) is 1.55. The van der Waals surface area contributed by atoms with Gasteiger partial charge in [0.15, 0.2) is 0 Å². The molecule has 0 spiro atoms. The molecule has 0 aromatic carbocycles. The summed E-state index contributed by atoms with van der Waals surface area (Å²) in [6.45, 7) is 1.51. The molecule has 0 saturated heterocycles. The lowest BCUT2D eigenvalue weighted by Crippen LogP contribution is -2.35. The SMILES string of the molecule is Cc1nccc(F)c1B(O)O. The minimum absolute atomic E-state index is 0.160. The Morgan fingerprint density at radius 2 is 2.18 bits per heavy atom. The van der Waals surface area contributed by atoms with Crippen molar-refractivity contribution in [2.45, 2.75) is 6.92 Å². The summed E-state index contributed by atoms with van der Waals surface area (Å²) >= 11 is 0. The maximum atomic E-state index is 12.7. The predicted molar refractivity (Wildman–Crippen MR) is 38.8 cm³/mol. The number of rotatable bonds is 1. The monoisotopic (exact) mass is 155 g/mol. The quantitative estimate of drug-likeness (QED) is 0.522. The number of aromatic nitrogens is 1. The smallest absolute Gasteiger partial charge is 0.423 e. The summed E-state index contributed by atoms with van der Waals surface area (Å²) in [4.78, 5) is 3.70. The van der Waals surface area contributed by atoms with Gasteiger partial charge in [-0.05, 0) is 13.0 Å². The van der Waals surface area contributed by atoms with Gasteiger partial charge in [0.1, 0.15) is 5.82 Å². The summed E-state index contributed by atoms with van der Waals surface area (Å²) < 4.78 is 12.7. The lowest BCUT2D eigenvalue weighted by atomic mass is 9.79. The lowest BCUT2D eigenvalue weighted by molar-refractivity contribution is 0.422. The van der Waals surface area contributed by atoms with Crippen LogP contribution in [0.1, 0.15) is 5.69 Å². The lowest BCUT2D eigenvalue weighted by Gasteiger charge is -2.02. The molecule has 2 N–H and O–H groups in total. The average molecular weight is 155 g/mol. The van der Waals surface area contributed by atoms with Gasteiger partial charge in [0.05, 0.1) is 0 Å². The van der Waals surface area contributed by atoms with E-state index in [1.54, 1.807) is 0 Å². The van der Waals surface area contributed by atoms with E-state index in [-0.39, 0.29) is 5.46 Å². The molecule has 11 heavy (non-hydrogen) atoms. The van der Waals surface area contributed by atoms with Gasteiger partial charge in [-0.2, -0.15) is 0 Å². The van der Waals surface area contributed by atoms with Crippen molar-refractivity contribution in [3.63, 3.8) is 0 Å². The number of aryl methyl sites for hydroxylation is 1. The summed E-state index contributed by atoms with van der Waals surface area (Å²) in [5.74, 6) is -0.646. The Hall–Kier alpha value is -0.935. The highest BCUT2D eigenvalue weighted by Gasteiger charge is 2.19. The fourth-order valence-corrected chi connectivity index (χ4v) is 0.857. The zero-order valence-electron chi connectivity index (χ0n) is 5.95. The molecular formula is C6H7BFNO2. The molecule has 0 aliphatic carbocycles. The van der Waals surface area contributed by atoms with Gasteiger partial charge in [-0.3, -0.25) is 4.98 Å². The normalized spacial score (nSPS) is 9.82. The second kappa shape index (κ2) is 2.98. The zero-order chi connectivity index (χ0) is 8.43. The van der Waals surface area contributed by atoms with Gasteiger partial charge in [0, 0.05) is 17.4 Å². The molecule has 0 aliphatic rings. The van der Waals surface area contributed by atoms with E-state index < -0.39 is 12.9 Å². The summed E-state index contributed by atoms with van der Waals surface area (Å²) in [6, 6.07) is 1.09. The number of pyridine rings is 1. The van der Waals surface area contributed by atoms with Crippen LogP contribution in [-0.4, -0.2) is 22.2 Å². The molecule has 0 saturated carbocycles. The molecule has 1 heterocycles. The number of halogens is 1. The molecule has 5 heteroatoms. The van der Waals surface area contributed by atoms with E-state index in [0.29, 0.717) is 5.69 Å². The summed E-state index contributed by atoms with van der Waals surface area (Å²) in [6.07, 6.45) is 1.27. The fourth-order valence-electron chi connectivity index (χ4n) is 0.857. The molecule has 1 aromatic heterocycles. The van der Waals surface area contributed by atoms with Crippen LogP contribution in [0, 0.1) is 12.7 Å². The first-order chi connectivity index (χ1) is 5.13. The van der Waals surface area contributed by atoms with Crippen LogP contribution in [0.5, 0.6) is 0 Å². The van der Waals surface area contributed by atoms with E-state index in [0.717, 1.165) is 6.07 Å². The van der Waals surface area contributed by atoms with Gasteiger partial charge in [0.2, 0.25) is 0 Å². The molecule has 0 aliphatic heterocycles. The zero-order valence-corrected chi connectivity index (χ0v) is 5.95. The van der Waals surface area contributed by atoms with Crippen LogP contribution in [0.2, 0.25) is 0 Å². The van der Waals surface area contributed by atoms with Crippen LogP contribution in [0.4, 0.5) is 4.39 Å². The highest BCUT2D eigenvalue weighted by molar-refractivity contribution is 6.59. The van der Waals surface area contributed by atoms with E-state index >= 15 is 0 Å². The van der Waals surface area contributed by atoms with Gasteiger partial charge >= 0.3 is 7.12 Å². The molecule has 0 fully saturated rings. The topological polar surface area (TPSA) is 53.4 Å². The van der Waals surface area contributed by atoms with Crippen molar-refractivity contribution in [3.05, 3.63) is 23.8 Å². The minimum atomic E-state index is -1.79. The van der Waals surface area contributed by atoms with Crippen LogP contribution in [-0.2, 0) is 0 Å². The summed E-state index contributed by atoms with van der Waals surface area (Å²) in [5.41, 5.74) is 0.132. The Kier molecular flexibility index (Phi) is 2.21. The summed E-state index contributed by atoms with van der Waals surface area (Å²) in [5, 5.41) is 17.3. The molecule has 1 rings (SSSR count). The predicted octanol–water partition coefficient (Wildman–Crippen LogP) is -0.791. The van der Waals surface area contributed by atoms with E-state index in [1.807, 2.05) is 0 Å². The molecule has 3 nitrogen and oxygen atoms in total. The van der Waals surface area contributed by atoms with Gasteiger partial charge < -0.3 is 10.0 Å². The average Bonchev–Trinajstić information content (AvgIpc) is 1.85. The van der Waals surface area contributed by atoms with Crippen LogP contribution in [0.3, 0.4) is 0 Å². The highest BCUT2D eigenvalue weighted by Crippen LogP contribution is 1.95.